The van der Waals surface area contributed by atoms with Crippen LogP contribution in [0.2, 0.25) is 0 Å². The molecule has 1 rings (SSSR count). The van der Waals surface area contributed by atoms with Crippen LogP contribution in [0.25, 0.3) is 0 Å². The summed E-state index contributed by atoms with van der Waals surface area (Å²) in [4.78, 5) is 0. The Labute approximate surface area is 96.0 Å². The molecule has 0 spiro atoms. The third kappa shape index (κ3) is 5.55. The largest absolute Gasteiger partial charge is 0.316 e. The zero-order valence-electron chi connectivity index (χ0n) is 10.7. The molecule has 90 valence electrons. The molecule has 1 nitrogen and oxygen atoms in total. The fourth-order valence-electron chi connectivity index (χ4n) is 2.34. The average molecular weight is 211 g/mol. The second kappa shape index (κ2) is 8.15. The van der Waals surface area contributed by atoms with Crippen LogP contribution in [0.3, 0.4) is 0 Å². The highest BCUT2D eigenvalue weighted by Crippen LogP contribution is 2.28. The summed E-state index contributed by atoms with van der Waals surface area (Å²) in [7, 11) is 0. The average Bonchev–Trinajstić information content (AvgIpc) is 2.19. The van der Waals surface area contributed by atoms with Gasteiger partial charge >= 0.3 is 0 Å². The van der Waals surface area contributed by atoms with Crippen LogP contribution in [0.4, 0.5) is 0 Å². The van der Waals surface area contributed by atoms with E-state index in [1.54, 1.807) is 0 Å². The minimum Gasteiger partial charge on any atom is -0.316 e. The molecular formula is C14H29N. The molecule has 0 aromatic heterocycles. The van der Waals surface area contributed by atoms with Gasteiger partial charge in [-0.2, -0.15) is 0 Å². The van der Waals surface area contributed by atoms with Crippen molar-refractivity contribution in [3.05, 3.63) is 0 Å². The van der Waals surface area contributed by atoms with Crippen LogP contribution in [0.5, 0.6) is 0 Å². The zero-order chi connectivity index (χ0) is 10.9. The standard InChI is InChI=1S/C14H29N/c1-3-5-7-13(4-2)12-15-11-10-14-8-6-9-14/h13-15H,3-12H2,1-2H3. The number of hydrogen-bond donors (Lipinski definition) is 1. The summed E-state index contributed by atoms with van der Waals surface area (Å²) in [5.74, 6) is 1.99. The van der Waals surface area contributed by atoms with Crippen molar-refractivity contribution in [1.29, 1.82) is 0 Å². The molecule has 0 heterocycles. The van der Waals surface area contributed by atoms with Crippen LogP contribution in [0, 0.1) is 11.8 Å². The summed E-state index contributed by atoms with van der Waals surface area (Å²) in [6.45, 7) is 7.13. The molecule has 0 radical (unpaired) electrons. The minimum absolute atomic E-state index is 0.923. The Hall–Kier alpha value is -0.0400. The van der Waals surface area contributed by atoms with Gasteiger partial charge in [0.25, 0.3) is 0 Å². The Morgan fingerprint density at radius 1 is 1.27 bits per heavy atom. The molecule has 0 aromatic rings. The predicted molar refractivity (Wildman–Crippen MR) is 68.1 cm³/mol. The maximum Gasteiger partial charge on any atom is -0.00206 e. The van der Waals surface area contributed by atoms with Crippen LogP contribution in [-0.2, 0) is 0 Å². The molecule has 0 saturated heterocycles. The quantitative estimate of drug-likeness (QED) is 0.569. The van der Waals surface area contributed by atoms with Crippen molar-refractivity contribution in [1.82, 2.24) is 5.32 Å². The molecule has 0 bridgehead atoms. The van der Waals surface area contributed by atoms with E-state index in [-0.39, 0.29) is 0 Å². The van der Waals surface area contributed by atoms with Gasteiger partial charge in [0.1, 0.15) is 0 Å². The molecule has 0 amide bonds. The summed E-state index contributed by atoms with van der Waals surface area (Å²) < 4.78 is 0. The Kier molecular flexibility index (Phi) is 7.08. The van der Waals surface area contributed by atoms with E-state index < -0.39 is 0 Å². The molecular weight excluding hydrogens is 182 g/mol. The highest BCUT2D eigenvalue weighted by molar-refractivity contribution is 4.70. The van der Waals surface area contributed by atoms with Gasteiger partial charge in [-0.1, -0.05) is 52.4 Å². The lowest BCUT2D eigenvalue weighted by molar-refractivity contribution is 0.288. The Morgan fingerprint density at radius 2 is 2.07 bits per heavy atom. The van der Waals surface area contributed by atoms with E-state index in [2.05, 4.69) is 19.2 Å². The number of rotatable bonds is 9. The van der Waals surface area contributed by atoms with E-state index in [9.17, 15) is 0 Å². The zero-order valence-corrected chi connectivity index (χ0v) is 10.7. The first-order valence-electron chi connectivity index (χ1n) is 7.07. The molecule has 1 N–H and O–H groups in total. The van der Waals surface area contributed by atoms with Gasteiger partial charge in [-0.05, 0) is 37.8 Å². The van der Waals surface area contributed by atoms with Crippen molar-refractivity contribution in [3.8, 4) is 0 Å². The lowest BCUT2D eigenvalue weighted by atomic mass is 9.83. The molecule has 1 fully saturated rings. The molecule has 1 atom stereocenters. The van der Waals surface area contributed by atoms with Gasteiger partial charge in [-0.25, -0.2) is 0 Å². The third-order valence-electron chi connectivity index (χ3n) is 3.93. The monoisotopic (exact) mass is 211 g/mol. The molecule has 1 heteroatoms. The first-order valence-corrected chi connectivity index (χ1v) is 7.07. The van der Waals surface area contributed by atoms with Crippen molar-refractivity contribution in [2.45, 2.75) is 65.2 Å². The summed E-state index contributed by atoms with van der Waals surface area (Å²) in [6, 6.07) is 0. The molecule has 0 aliphatic heterocycles. The highest BCUT2D eigenvalue weighted by Gasteiger charge is 2.16. The van der Waals surface area contributed by atoms with E-state index in [1.165, 1.54) is 64.5 Å². The van der Waals surface area contributed by atoms with Gasteiger partial charge in [0.05, 0.1) is 0 Å². The molecule has 1 aliphatic rings. The highest BCUT2D eigenvalue weighted by atomic mass is 14.9. The normalized spacial score (nSPS) is 18.8. The minimum atomic E-state index is 0.923. The van der Waals surface area contributed by atoms with Crippen LogP contribution >= 0.6 is 0 Å². The van der Waals surface area contributed by atoms with Crippen LogP contribution in [-0.4, -0.2) is 13.1 Å². The van der Waals surface area contributed by atoms with Crippen LogP contribution < -0.4 is 5.32 Å². The summed E-state index contributed by atoms with van der Waals surface area (Å²) in [6.07, 6.45) is 11.4. The van der Waals surface area contributed by atoms with Crippen molar-refractivity contribution in [2.24, 2.45) is 11.8 Å². The third-order valence-corrected chi connectivity index (χ3v) is 3.93. The maximum atomic E-state index is 3.64. The number of nitrogens with one attached hydrogen (secondary N) is 1. The van der Waals surface area contributed by atoms with E-state index in [0.29, 0.717) is 0 Å². The second-order valence-corrected chi connectivity index (χ2v) is 5.21. The number of unbranched alkanes of at least 4 members (excludes halogenated alkanes) is 1. The van der Waals surface area contributed by atoms with Crippen molar-refractivity contribution >= 4 is 0 Å². The molecule has 1 unspecified atom stereocenters. The lowest BCUT2D eigenvalue weighted by Crippen LogP contribution is -2.26. The van der Waals surface area contributed by atoms with Gasteiger partial charge in [-0.15, -0.1) is 0 Å². The van der Waals surface area contributed by atoms with Gasteiger partial charge < -0.3 is 5.32 Å². The van der Waals surface area contributed by atoms with Gasteiger partial charge in [0, 0.05) is 0 Å². The van der Waals surface area contributed by atoms with Crippen LogP contribution in [0.15, 0.2) is 0 Å². The molecule has 1 saturated carbocycles. The summed E-state index contributed by atoms with van der Waals surface area (Å²) in [5, 5.41) is 3.64. The van der Waals surface area contributed by atoms with E-state index in [4.69, 9.17) is 0 Å². The molecule has 0 aromatic carbocycles. The Bertz CT molecular complexity index is 140. The number of hydrogen-bond acceptors (Lipinski definition) is 1. The smallest absolute Gasteiger partial charge is 0.00206 e. The van der Waals surface area contributed by atoms with E-state index in [0.717, 1.165) is 11.8 Å². The first kappa shape index (κ1) is 13.0. The van der Waals surface area contributed by atoms with Crippen molar-refractivity contribution in [2.75, 3.05) is 13.1 Å². The fraction of sp³-hybridized carbons (Fsp3) is 1.00. The van der Waals surface area contributed by atoms with Crippen molar-refractivity contribution in [3.63, 3.8) is 0 Å². The topological polar surface area (TPSA) is 12.0 Å². The second-order valence-electron chi connectivity index (χ2n) is 5.21. The van der Waals surface area contributed by atoms with Crippen LogP contribution in [0.1, 0.15) is 65.2 Å². The van der Waals surface area contributed by atoms with Crippen molar-refractivity contribution < 1.29 is 0 Å². The fourth-order valence-corrected chi connectivity index (χ4v) is 2.34. The Morgan fingerprint density at radius 3 is 2.60 bits per heavy atom. The van der Waals surface area contributed by atoms with E-state index in [1.807, 2.05) is 0 Å². The summed E-state index contributed by atoms with van der Waals surface area (Å²) >= 11 is 0. The SMILES string of the molecule is CCCCC(CC)CNCCC1CCC1. The predicted octanol–water partition coefficient (Wildman–Crippen LogP) is 3.98. The first-order chi connectivity index (χ1) is 7.36. The van der Waals surface area contributed by atoms with Gasteiger partial charge in [-0.3, -0.25) is 0 Å². The van der Waals surface area contributed by atoms with Gasteiger partial charge in [0.15, 0.2) is 0 Å². The lowest BCUT2D eigenvalue weighted by Gasteiger charge is -2.25. The molecule has 1 aliphatic carbocycles. The summed E-state index contributed by atoms with van der Waals surface area (Å²) in [5.41, 5.74) is 0. The molecule has 15 heavy (non-hydrogen) atoms. The maximum absolute atomic E-state index is 3.64. The van der Waals surface area contributed by atoms with Gasteiger partial charge in [0.2, 0.25) is 0 Å². The van der Waals surface area contributed by atoms with E-state index >= 15 is 0 Å². The Balaban J connectivity index is 1.90.